The Morgan fingerprint density at radius 2 is 1.51 bits per heavy atom. The summed E-state index contributed by atoms with van der Waals surface area (Å²) in [6, 6.07) is -1.60. The van der Waals surface area contributed by atoms with Crippen LogP contribution < -0.4 is 21.7 Å². The molecule has 4 atom stereocenters. The fourth-order valence-corrected chi connectivity index (χ4v) is 5.39. The van der Waals surface area contributed by atoms with Gasteiger partial charge in [0, 0.05) is 63.3 Å². The molecule has 1 unspecified atom stereocenters. The van der Waals surface area contributed by atoms with Gasteiger partial charge in [-0.15, -0.1) is 0 Å². The van der Waals surface area contributed by atoms with E-state index in [2.05, 4.69) is 34.8 Å². The first-order valence-corrected chi connectivity index (χ1v) is 18.6. The lowest BCUT2D eigenvalue weighted by Crippen LogP contribution is -2.47. The normalized spacial score (nSPS) is 14.5. The van der Waals surface area contributed by atoms with Crippen LogP contribution in [0, 0.1) is 17.8 Å². The zero-order valence-electron chi connectivity index (χ0n) is 31.5. The lowest BCUT2D eigenvalue weighted by Gasteiger charge is -2.27. The van der Waals surface area contributed by atoms with Crippen molar-refractivity contribution in [3.63, 3.8) is 0 Å². The molecular weight excluding hydrogens is 622 g/mol. The second-order valence-electron chi connectivity index (χ2n) is 13.6. The highest BCUT2D eigenvalue weighted by Crippen LogP contribution is 2.23. The van der Waals surface area contributed by atoms with Gasteiger partial charge in [0.25, 0.3) is 0 Å². The standard InChI is InChI=1S/C33H54N4O6.C5H13N/c1-7-9-10-11-14-26(39)21-35-32(42)16-15-30(40)28(18-22(3)4)37-33(43)27(23(5)8-2)20-31(41)29(36-24(6)38)19-25-13-12-17-34-25;1-2-3-4-5-6/h13,17,22-23,27-29H,7-12,14-16,18-21H2,1-6H3,(H,35,42)(H,36,38)(H,37,43);2-6H2,1H3/t23?,27-,28-,29-;/m1./s1. The third-order valence-electron chi connectivity index (χ3n) is 8.59. The van der Waals surface area contributed by atoms with E-state index in [9.17, 15) is 28.8 Å². The number of carbonyl (C=O) groups is 6. The zero-order valence-corrected chi connectivity index (χ0v) is 31.5. The molecule has 0 aromatic carbocycles. The van der Waals surface area contributed by atoms with Crippen molar-refractivity contribution in [2.75, 3.05) is 13.1 Å². The van der Waals surface area contributed by atoms with Gasteiger partial charge in [0.15, 0.2) is 17.3 Å². The number of nitrogens with one attached hydrogen (secondary N) is 3. The summed E-state index contributed by atoms with van der Waals surface area (Å²) in [7, 11) is 0. The topological polar surface area (TPSA) is 177 Å². The number of nitrogens with zero attached hydrogens (tertiary/aromatic N) is 1. The molecular formula is C38H67N5O6. The van der Waals surface area contributed by atoms with E-state index >= 15 is 0 Å². The number of carbonyl (C=O) groups excluding carboxylic acids is 6. The average molecular weight is 690 g/mol. The van der Waals surface area contributed by atoms with Gasteiger partial charge >= 0.3 is 0 Å². The van der Waals surface area contributed by atoms with Crippen LogP contribution >= 0.6 is 0 Å². The van der Waals surface area contributed by atoms with Gasteiger partial charge in [-0.3, -0.25) is 33.8 Å². The molecule has 280 valence electrons. The molecule has 49 heavy (non-hydrogen) atoms. The molecule has 0 aromatic rings. The van der Waals surface area contributed by atoms with Crippen molar-refractivity contribution in [1.82, 2.24) is 16.0 Å². The molecule has 0 aliphatic carbocycles. The number of Topliss-reactive ketones (excluding diaryl/α,β-unsaturated/α-hetero) is 3. The van der Waals surface area contributed by atoms with E-state index in [1.54, 1.807) is 6.21 Å². The van der Waals surface area contributed by atoms with Crippen molar-refractivity contribution in [1.29, 1.82) is 0 Å². The first kappa shape index (κ1) is 45.8. The number of nitrogens with two attached hydrogens (primary N) is 1. The Labute approximate surface area is 295 Å². The molecule has 11 nitrogen and oxygen atoms in total. The number of ketones is 3. The first-order chi connectivity index (χ1) is 23.3. The van der Waals surface area contributed by atoms with E-state index in [4.69, 9.17) is 5.73 Å². The van der Waals surface area contributed by atoms with E-state index < -0.39 is 18.0 Å². The van der Waals surface area contributed by atoms with Gasteiger partial charge in [-0.05, 0) is 37.6 Å². The van der Waals surface area contributed by atoms with Crippen molar-refractivity contribution in [3.8, 4) is 0 Å². The largest absolute Gasteiger partial charge is 0.349 e. The number of rotatable bonds is 26. The smallest absolute Gasteiger partial charge is 0.224 e. The van der Waals surface area contributed by atoms with Crippen molar-refractivity contribution < 1.29 is 28.8 Å². The predicted octanol–water partition coefficient (Wildman–Crippen LogP) is 5.53. The van der Waals surface area contributed by atoms with Gasteiger partial charge in [-0.25, -0.2) is 0 Å². The van der Waals surface area contributed by atoms with Crippen LogP contribution in [0.1, 0.15) is 145 Å². The highest BCUT2D eigenvalue weighted by molar-refractivity contribution is 5.95. The SMILES string of the molecule is CCCCCCC(=O)CNC(=O)CCC(=O)[C@@H](CC(C)C)NC(=O)[C@H](CC(=O)[C@@H](CC1=CCC=N1)NC(C)=O)C(C)CC.CCCCCN. The Balaban J connectivity index is 0.00000350. The van der Waals surface area contributed by atoms with Crippen LogP contribution in [0.4, 0.5) is 0 Å². The van der Waals surface area contributed by atoms with Crippen molar-refractivity contribution in [3.05, 3.63) is 11.8 Å². The van der Waals surface area contributed by atoms with Crippen LogP contribution in [0.5, 0.6) is 0 Å². The molecule has 1 aliphatic heterocycles. The molecule has 0 saturated carbocycles. The van der Waals surface area contributed by atoms with E-state index in [1.165, 1.54) is 26.2 Å². The maximum atomic E-state index is 13.6. The predicted molar refractivity (Wildman–Crippen MR) is 197 cm³/mol. The molecule has 0 radical (unpaired) electrons. The molecule has 0 spiro atoms. The van der Waals surface area contributed by atoms with Crippen molar-refractivity contribution >= 4 is 41.3 Å². The second kappa shape index (κ2) is 27.6. The third-order valence-corrected chi connectivity index (χ3v) is 8.59. The minimum Gasteiger partial charge on any atom is -0.349 e. The summed E-state index contributed by atoms with van der Waals surface area (Å²) in [6.07, 6.45) is 13.5. The molecule has 1 rings (SSSR count). The Morgan fingerprint density at radius 3 is 2.04 bits per heavy atom. The van der Waals surface area contributed by atoms with E-state index in [1.807, 2.05) is 33.8 Å². The molecule has 1 heterocycles. The quantitative estimate of drug-likeness (QED) is 0.0863. The maximum absolute atomic E-state index is 13.6. The van der Waals surface area contributed by atoms with Crippen LogP contribution in [0.15, 0.2) is 16.8 Å². The zero-order chi connectivity index (χ0) is 37.2. The van der Waals surface area contributed by atoms with E-state index in [0.717, 1.165) is 37.9 Å². The Kier molecular flexibility index (Phi) is 25.8. The van der Waals surface area contributed by atoms with Gasteiger partial charge in [0.2, 0.25) is 17.7 Å². The molecule has 0 bridgehead atoms. The van der Waals surface area contributed by atoms with Crippen LogP contribution in [0.2, 0.25) is 0 Å². The summed E-state index contributed by atoms with van der Waals surface area (Å²) >= 11 is 0. The highest BCUT2D eigenvalue weighted by atomic mass is 16.2. The highest BCUT2D eigenvalue weighted by Gasteiger charge is 2.33. The summed E-state index contributed by atoms with van der Waals surface area (Å²) < 4.78 is 0. The number of hydrogen-bond acceptors (Lipinski definition) is 8. The molecule has 5 N–H and O–H groups in total. The number of hydrogen-bond donors (Lipinski definition) is 4. The van der Waals surface area contributed by atoms with Crippen LogP contribution in [-0.2, 0) is 28.8 Å². The van der Waals surface area contributed by atoms with Gasteiger partial charge in [-0.1, -0.05) is 86.1 Å². The van der Waals surface area contributed by atoms with Crippen molar-refractivity contribution in [2.24, 2.45) is 28.5 Å². The summed E-state index contributed by atoms with van der Waals surface area (Å²) in [5.41, 5.74) is 5.94. The Morgan fingerprint density at radius 1 is 0.837 bits per heavy atom. The van der Waals surface area contributed by atoms with Crippen molar-refractivity contribution in [2.45, 2.75) is 157 Å². The molecule has 1 aliphatic rings. The van der Waals surface area contributed by atoms with Gasteiger partial charge in [0.1, 0.15) is 0 Å². The molecule has 3 amide bonds. The Bertz CT molecular complexity index is 1080. The fraction of sp³-hybridized carbons (Fsp3) is 0.763. The summed E-state index contributed by atoms with van der Waals surface area (Å²) in [5.74, 6) is -2.40. The fourth-order valence-electron chi connectivity index (χ4n) is 5.39. The first-order valence-electron chi connectivity index (χ1n) is 18.6. The van der Waals surface area contributed by atoms with E-state index in [-0.39, 0.29) is 79.1 Å². The van der Waals surface area contributed by atoms with Crippen LogP contribution in [-0.4, -0.2) is 66.5 Å². The number of allylic oxidation sites excluding steroid dienone is 1. The molecule has 0 saturated heterocycles. The van der Waals surface area contributed by atoms with Crippen LogP contribution in [0.25, 0.3) is 0 Å². The van der Waals surface area contributed by atoms with Gasteiger partial charge < -0.3 is 21.7 Å². The Hall–Kier alpha value is -3.21. The minimum atomic E-state index is -0.800. The number of aliphatic imine (C=N–C) groups is 1. The molecule has 0 fully saturated rings. The lowest BCUT2D eigenvalue weighted by atomic mass is 9.84. The minimum absolute atomic E-state index is 0.0280. The summed E-state index contributed by atoms with van der Waals surface area (Å²) in [4.78, 5) is 80.5. The summed E-state index contributed by atoms with van der Waals surface area (Å²) in [5, 5.41) is 8.19. The summed E-state index contributed by atoms with van der Waals surface area (Å²) in [6.45, 7) is 14.2. The average Bonchev–Trinajstić information content (AvgIpc) is 3.58. The van der Waals surface area contributed by atoms with Gasteiger partial charge in [0.05, 0.1) is 18.6 Å². The van der Waals surface area contributed by atoms with Crippen LogP contribution in [0.3, 0.4) is 0 Å². The number of unbranched alkanes of at least 4 members (excludes halogenated alkanes) is 5. The van der Waals surface area contributed by atoms with Gasteiger partial charge in [-0.2, -0.15) is 0 Å². The third kappa shape index (κ3) is 22.2. The monoisotopic (exact) mass is 690 g/mol. The second-order valence-corrected chi connectivity index (χ2v) is 13.6. The van der Waals surface area contributed by atoms with E-state index in [0.29, 0.717) is 25.7 Å². The number of amides is 3. The molecule has 11 heteroatoms. The molecule has 0 aromatic heterocycles. The maximum Gasteiger partial charge on any atom is 0.224 e. The lowest BCUT2D eigenvalue weighted by molar-refractivity contribution is -0.135.